The Morgan fingerprint density at radius 3 is 2.50 bits per heavy atom. The van der Waals surface area contributed by atoms with Crippen LogP contribution in [-0.2, 0) is 6.18 Å². The van der Waals surface area contributed by atoms with Crippen LogP contribution in [0.15, 0.2) is 54.7 Å². The standard InChI is InChI=1S/C21H20F3N5O/c22-21(23,24)16-7-8-19(25-14-16)28-9-4-10-29(12-11-28)20(30)18-13-17(26-27-18)15-5-2-1-3-6-15/h1-3,5-8,13-14H,4,9-12H2,(H,26,27). The van der Waals surface area contributed by atoms with Gasteiger partial charge in [-0.15, -0.1) is 0 Å². The van der Waals surface area contributed by atoms with Gasteiger partial charge in [-0.25, -0.2) is 4.98 Å². The summed E-state index contributed by atoms with van der Waals surface area (Å²) in [4.78, 5) is 20.5. The van der Waals surface area contributed by atoms with Crippen LogP contribution in [0.1, 0.15) is 22.5 Å². The minimum absolute atomic E-state index is 0.146. The van der Waals surface area contributed by atoms with Crippen LogP contribution in [0.2, 0.25) is 0 Å². The van der Waals surface area contributed by atoms with Crippen LogP contribution in [-0.4, -0.2) is 52.2 Å². The fraction of sp³-hybridized carbons (Fsp3) is 0.286. The highest BCUT2D eigenvalue weighted by atomic mass is 19.4. The number of nitrogens with one attached hydrogen (secondary N) is 1. The molecule has 1 aliphatic heterocycles. The molecule has 1 amide bonds. The maximum absolute atomic E-state index is 12.9. The van der Waals surface area contributed by atoms with Crippen molar-refractivity contribution in [1.29, 1.82) is 0 Å². The topological polar surface area (TPSA) is 65.1 Å². The number of rotatable bonds is 3. The first-order chi connectivity index (χ1) is 14.4. The molecule has 0 radical (unpaired) electrons. The second-order valence-corrected chi connectivity index (χ2v) is 7.07. The normalized spacial score (nSPS) is 15.2. The zero-order valence-corrected chi connectivity index (χ0v) is 16.1. The lowest BCUT2D eigenvalue weighted by Crippen LogP contribution is -2.35. The van der Waals surface area contributed by atoms with Gasteiger partial charge in [0.1, 0.15) is 11.5 Å². The molecule has 0 saturated carbocycles. The number of halogens is 3. The third kappa shape index (κ3) is 4.29. The molecule has 3 heterocycles. The predicted molar refractivity (Wildman–Crippen MR) is 106 cm³/mol. The fourth-order valence-electron chi connectivity index (χ4n) is 3.45. The van der Waals surface area contributed by atoms with Gasteiger partial charge in [0, 0.05) is 37.9 Å². The van der Waals surface area contributed by atoms with Gasteiger partial charge < -0.3 is 9.80 Å². The van der Waals surface area contributed by atoms with Gasteiger partial charge in [0.25, 0.3) is 5.91 Å². The number of benzene rings is 1. The number of anilines is 1. The van der Waals surface area contributed by atoms with E-state index in [1.165, 1.54) is 6.07 Å². The number of aromatic nitrogens is 3. The summed E-state index contributed by atoms with van der Waals surface area (Å²) in [6, 6.07) is 13.7. The summed E-state index contributed by atoms with van der Waals surface area (Å²) in [5.41, 5.74) is 1.26. The lowest BCUT2D eigenvalue weighted by molar-refractivity contribution is -0.137. The molecule has 4 rings (SSSR count). The van der Waals surface area contributed by atoms with Crippen molar-refractivity contribution in [1.82, 2.24) is 20.1 Å². The molecule has 2 aromatic heterocycles. The molecule has 30 heavy (non-hydrogen) atoms. The maximum Gasteiger partial charge on any atom is 0.417 e. The zero-order chi connectivity index (χ0) is 21.1. The van der Waals surface area contributed by atoms with E-state index in [4.69, 9.17) is 0 Å². The average Bonchev–Trinajstić information content (AvgIpc) is 3.11. The van der Waals surface area contributed by atoms with Crippen molar-refractivity contribution in [3.63, 3.8) is 0 Å². The van der Waals surface area contributed by atoms with Gasteiger partial charge in [0.05, 0.1) is 11.3 Å². The molecular formula is C21H20F3N5O. The number of carbonyl (C=O) groups is 1. The molecule has 9 heteroatoms. The van der Waals surface area contributed by atoms with Crippen molar-refractivity contribution < 1.29 is 18.0 Å². The van der Waals surface area contributed by atoms with Crippen molar-refractivity contribution in [3.8, 4) is 11.3 Å². The van der Waals surface area contributed by atoms with E-state index in [2.05, 4.69) is 15.2 Å². The molecule has 3 aromatic rings. The Hall–Kier alpha value is -3.36. The van der Waals surface area contributed by atoms with Crippen LogP contribution < -0.4 is 4.90 Å². The van der Waals surface area contributed by atoms with Gasteiger partial charge in [-0.2, -0.15) is 18.3 Å². The number of pyridine rings is 1. The summed E-state index contributed by atoms with van der Waals surface area (Å²) in [5.74, 6) is 0.331. The van der Waals surface area contributed by atoms with E-state index in [-0.39, 0.29) is 5.91 Å². The molecule has 0 spiro atoms. The first-order valence-corrected chi connectivity index (χ1v) is 9.60. The van der Waals surface area contributed by atoms with E-state index < -0.39 is 11.7 Å². The number of amides is 1. The number of H-pyrrole nitrogens is 1. The van der Waals surface area contributed by atoms with Crippen molar-refractivity contribution in [2.75, 3.05) is 31.1 Å². The number of hydrogen-bond donors (Lipinski definition) is 1. The second kappa shape index (κ2) is 8.17. The van der Waals surface area contributed by atoms with Crippen LogP contribution in [0.5, 0.6) is 0 Å². The highest BCUT2D eigenvalue weighted by molar-refractivity contribution is 5.93. The Labute approximate surface area is 171 Å². The molecule has 0 aliphatic carbocycles. The Bertz CT molecular complexity index is 1000. The van der Waals surface area contributed by atoms with E-state index >= 15 is 0 Å². The van der Waals surface area contributed by atoms with E-state index in [1.54, 1.807) is 11.0 Å². The van der Waals surface area contributed by atoms with Crippen LogP contribution in [0.3, 0.4) is 0 Å². The van der Waals surface area contributed by atoms with Gasteiger partial charge in [0.2, 0.25) is 0 Å². The Morgan fingerprint density at radius 2 is 1.80 bits per heavy atom. The maximum atomic E-state index is 12.9. The number of aromatic amines is 1. The fourth-order valence-corrected chi connectivity index (χ4v) is 3.45. The van der Waals surface area contributed by atoms with E-state index in [0.717, 1.165) is 17.8 Å². The molecule has 0 atom stereocenters. The minimum atomic E-state index is -4.41. The molecule has 0 unspecified atom stereocenters. The largest absolute Gasteiger partial charge is 0.417 e. The summed E-state index contributed by atoms with van der Waals surface area (Å²) in [7, 11) is 0. The quantitative estimate of drug-likeness (QED) is 0.706. The van der Waals surface area contributed by atoms with Crippen LogP contribution in [0.25, 0.3) is 11.3 Å². The van der Waals surface area contributed by atoms with Crippen molar-refractivity contribution in [2.45, 2.75) is 12.6 Å². The lowest BCUT2D eigenvalue weighted by Gasteiger charge is -2.22. The molecule has 156 valence electrons. The van der Waals surface area contributed by atoms with Crippen molar-refractivity contribution >= 4 is 11.7 Å². The SMILES string of the molecule is O=C(c1cc(-c2ccccc2)n[nH]1)N1CCCN(c2ccc(C(F)(F)F)cn2)CC1. The summed E-state index contributed by atoms with van der Waals surface area (Å²) in [5, 5.41) is 7.04. The molecule has 1 saturated heterocycles. The first-order valence-electron chi connectivity index (χ1n) is 9.60. The number of alkyl halides is 3. The zero-order valence-electron chi connectivity index (χ0n) is 16.1. The Kier molecular flexibility index (Phi) is 5.43. The second-order valence-electron chi connectivity index (χ2n) is 7.07. The third-order valence-corrected chi connectivity index (χ3v) is 5.06. The number of hydrogen-bond acceptors (Lipinski definition) is 4. The van der Waals surface area contributed by atoms with Gasteiger partial charge >= 0.3 is 6.18 Å². The third-order valence-electron chi connectivity index (χ3n) is 5.06. The summed E-state index contributed by atoms with van der Waals surface area (Å²) in [6.07, 6.45) is -2.87. The smallest absolute Gasteiger partial charge is 0.355 e. The van der Waals surface area contributed by atoms with E-state index in [0.29, 0.717) is 49.8 Å². The molecule has 1 aromatic carbocycles. The first kappa shape index (κ1) is 19.9. The highest BCUT2D eigenvalue weighted by Crippen LogP contribution is 2.29. The van der Waals surface area contributed by atoms with Gasteiger partial charge in [-0.05, 0) is 24.6 Å². The van der Waals surface area contributed by atoms with Crippen molar-refractivity contribution in [2.24, 2.45) is 0 Å². The molecule has 0 bridgehead atoms. The van der Waals surface area contributed by atoms with Gasteiger partial charge in [-0.3, -0.25) is 9.89 Å². The van der Waals surface area contributed by atoms with Crippen LogP contribution in [0.4, 0.5) is 19.0 Å². The molecular weight excluding hydrogens is 395 g/mol. The van der Waals surface area contributed by atoms with E-state index in [9.17, 15) is 18.0 Å². The average molecular weight is 415 g/mol. The molecule has 1 fully saturated rings. The summed E-state index contributed by atoms with van der Waals surface area (Å²) in [6.45, 7) is 2.10. The van der Waals surface area contributed by atoms with Gasteiger partial charge in [0.15, 0.2) is 0 Å². The predicted octanol–water partition coefficient (Wildman–Crippen LogP) is 3.84. The van der Waals surface area contributed by atoms with Crippen molar-refractivity contribution in [3.05, 3.63) is 66.0 Å². The van der Waals surface area contributed by atoms with Crippen LogP contribution in [0, 0.1) is 0 Å². The Balaban J connectivity index is 1.42. The van der Waals surface area contributed by atoms with E-state index in [1.807, 2.05) is 35.2 Å². The molecule has 6 nitrogen and oxygen atoms in total. The number of nitrogens with zero attached hydrogens (tertiary/aromatic N) is 4. The molecule has 1 aliphatic rings. The summed E-state index contributed by atoms with van der Waals surface area (Å²) < 4.78 is 38.2. The highest BCUT2D eigenvalue weighted by Gasteiger charge is 2.31. The van der Waals surface area contributed by atoms with Crippen LogP contribution >= 0.6 is 0 Å². The Morgan fingerprint density at radius 1 is 1.00 bits per heavy atom. The number of carbonyl (C=O) groups excluding carboxylic acids is 1. The monoisotopic (exact) mass is 415 g/mol. The lowest BCUT2D eigenvalue weighted by atomic mass is 10.1. The van der Waals surface area contributed by atoms with Gasteiger partial charge in [-0.1, -0.05) is 30.3 Å². The summed E-state index contributed by atoms with van der Waals surface area (Å²) >= 11 is 0. The molecule has 1 N–H and O–H groups in total. The minimum Gasteiger partial charge on any atom is -0.355 e.